The fourth-order valence-corrected chi connectivity index (χ4v) is 2.84. The van der Waals surface area contributed by atoms with E-state index in [4.69, 9.17) is 4.42 Å². The Bertz CT molecular complexity index is 325. The third-order valence-electron chi connectivity index (χ3n) is 3.79. The molecule has 0 spiro atoms. The van der Waals surface area contributed by atoms with Crippen molar-refractivity contribution < 1.29 is 4.42 Å². The normalized spacial score (nSPS) is 18.7. The molecule has 1 aliphatic carbocycles. The Morgan fingerprint density at radius 3 is 2.71 bits per heavy atom. The minimum Gasteiger partial charge on any atom is -0.465 e. The van der Waals surface area contributed by atoms with Gasteiger partial charge in [0.2, 0.25) is 0 Å². The molecule has 1 fully saturated rings. The van der Waals surface area contributed by atoms with E-state index < -0.39 is 0 Å². The van der Waals surface area contributed by atoms with Crippen LogP contribution in [0.2, 0.25) is 0 Å². The van der Waals surface area contributed by atoms with E-state index in [9.17, 15) is 0 Å². The highest BCUT2D eigenvalue weighted by Gasteiger charge is 2.22. The average molecular weight is 235 g/mol. The smallest absolute Gasteiger partial charge is 0.121 e. The van der Waals surface area contributed by atoms with Gasteiger partial charge in [-0.2, -0.15) is 0 Å². The van der Waals surface area contributed by atoms with Gasteiger partial charge in [-0.1, -0.05) is 32.6 Å². The van der Waals surface area contributed by atoms with Crippen LogP contribution in [-0.2, 0) is 0 Å². The molecule has 2 rings (SSSR count). The predicted molar refractivity (Wildman–Crippen MR) is 71.1 cm³/mol. The number of hydrogen-bond donors (Lipinski definition) is 1. The van der Waals surface area contributed by atoms with Crippen molar-refractivity contribution in [1.82, 2.24) is 5.32 Å². The number of rotatable bonds is 6. The summed E-state index contributed by atoms with van der Waals surface area (Å²) in [6, 6.07) is 4.63. The van der Waals surface area contributed by atoms with Crippen LogP contribution < -0.4 is 5.32 Å². The minimum atomic E-state index is 0.423. The van der Waals surface area contributed by atoms with Crippen molar-refractivity contribution in [3.8, 4) is 0 Å². The second-order valence-electron chi connectivity index (χ2n) is 5.34. The lowest BCUT2D eigenvalue weighted by Gasteiger charge is -2.20. The number of aryl methyl sites for hydroxylation is 1. The van der Waals surface area contributed by atoms with Gasteiger partial charge in [0, 0.05) is 0 Å². The van der Waals surface area contributed by atoms with Crippen molar-refractivity contribution in [1.29, 1.82) is 0 Å². The largest absolute Gasteiger partial charge is 0.465 e. The molecule has 96 valence electrons. The SMILES string of the molecule is CCCNC(CC1CCCC1)c1ccc(C)o1. The zero-order valence-corrected chi connectivity index (χ0v) is 11.2. The lowest BCUT2D eigenvalue weighted by molar-refractivity contribution is 0.337. The van der Waals surface area contributed by atoms with Crippen LogP contribution in [0, 0.1) is 12.8 Å². The van der Waals surface area contributed by atoms with Gasteiger partial charge >= 0.3 is 0 Å². The average Bonchev–Trinajstić information content (AvgIpc) is 2.95. The van der Waals surface area contributed by atoms with Crippen molar-refractivity contribution in [2.45, 2.75) is 58.4 Å². The molecule has 1 aliphatic rings. The third-order valence-corrected chi connectivity index (χ3v) is 3.79. The molecule has 0 radical (unpaired) electrons. The van der Waals surface area contributed by atoms with E-state index in [1.54, 1.807) is 0 Å². The highest BCUT2D eigenvalue weighted by Crippen LogP contribution is 2.33. The minimum absolute atomic E-state index is 0.423. The van der Waals surface area contributed by atoms with Crippen LogP contribution in [0.15, 0.2) is 16.5 Å². The molecule has 1 N–H and O–H groups in total. The first-order valence-electron chi connectivity index (χ1n) is 7.09. The molecule has 2 heteroatoms. The van der Waals surface area contributed by atoms with E-state index in [0.717, 1.165) is 24.0 Å². The topological polar surface area (TPSA) is 25.2 Å². The summed E-state index contributed by atoms with van der Waals surface area (Å²) in [5, 5.41) is 3.63. The number of furan rings is 1. The molecule has 0 aromatic carbocycles. The molecular formula is C15H25NO. The highest BCUT2D eigenvalue weighted by atomic mass is 16.3. The van der Waals surface area contributed by atoms with E-state index >= 15 is 0 Å². The van der Waals surface area contributed by atoms with Gasteiger partial charge in [0.25, 0.3) is 0 Å². The van der Waals surface area contributed by atoms with Gasteiger partial charge in [0.05, 0.1) is 6.04 Å². The summed E-state index contributed by atoms with van der Waals surface area (Å²) in [7, 11) is 0. The fraction of sp³-hybridized carbons (Fsp3) is 0.733. The van der Waals surface area contributed by atoms with Gasteiger partial charge in [0.1, 0.15) is 11.5 Å². The maximum absolute atomic E-state index is 5.79. The first-order chi connectivity index (χ1) is 8.29. The summed E-state index contributed by atoms with van der Waals surface area (Å²) in [5.41, 5.74) is 0. The Labute approximate surface area is 105 Å². The highest BCUT2D eigenvalue weighted by molar-refractivity contribution is 5.10. The third kappa shape index (κ3) is 3.60. The van der Waals surface area contributed by atoms with Crippen LogP contribution >= 0.6 is 0 Å². The molecule has 1 unspecified atom stereocenters. The Balaban J connectivity index is 1.96. The first kappa shape index (κ1) is 12.7. The van der Waals surface area contributed by atoms with Gasteiger partial charge < -0.3 is 9.73 Å². The van der Waals surface area contributed by atoms with Crippen LogP contribution in [0.25, 0.3) is 0 Å². The van der Waals surface area contributed by atoms with Crippen LogP contribution in [0.4, 0.5) is 0 Å². The Hall–Kier alpha value is -0.760. The molecule has 0 saturated heterocycles. The van der Waals surface area contributed by atoms with E-state index in [1.807, 2.05) is 6.92 Å². The quantitative estimate of drug-likeness (QED) is 0.799. The maximum atomic E-state index is 5.79. The van der Waals surface area contributed by atoms with Crippen LogP contribution in [-0.4, -0.2) is 6.54 Å². The summed E-state index contributed by atoms with van der Waals surface area (Å²) in [5.74, 6) is 3.05. The van der Waals surface area contributed by atoms with Crippen molar-refractivity contribution >= 4 is 0 Å². The van der Waals surface area contributed by atoms with Crippen molar-refractivity contribution in [2.75, 3.05) is 6.54 Å². The second-order valence-corrected chi connectivity index (χ2v) is 5.34. The summed E-state index contributed by atoms with van der Waals surface area (Å²) >= 11 is 0. The Morgan fingerprint density at radius 1 is 1.35 bits per heavy atom. The van der Waals surface area contributed by atoms with Crippen molar-refractivity contribution in [2.24, 2.45) is 5.92 Å². The summed E-state index contributed by atoms with van der Waals surface area (Å²) in [6.45, 7) is 5.32. The molecule has 2 nitrogen and oxygen atoms in total. The van der Waals surface area contributed by atoms with E-state index in [1.165, 1.54) is 38.5 Å². The lowest BCUT2D eigenvalue weighted by Crippen LogP contribution is -2.23. The standard InChI is InChI=1S/C15H25NO/c1-3-10-16-14(11-13-6-4-5-7-13)15-9-8-12(2)17-15/h8-9,13-14,16H,3-7,10-11H2,1-2H3. The maximum Gasteiger partial charge on any atom is 0.121 e. The van der Waals surface area contributed by atoms with Gasteiger partial charge in [-0.15, -0.1) is 0 Å². The van der Waals surface area contributed by atoms with Crippen molar-refractivity contribution in [3.63, 3.8) is 0 Å². The van der Waals surface area contributed by atoms with Gasteiger partial charge in [-0.05, 0) is 44.4 Å². The zero-order chi connectivity index (χ0) is 12.1. The lowest BCUT2D eigenvalue weighted by atomic mass is 9.97. The molecule has 1 atom stereocenters. The second kappa shape index (κ2) is 6.25. The molecule has 1 aromatic heterocycles. The Kier molecular flexibility index (Phi) is 4.66. The molecule has 1 aromatic rings. The molecule has 1 heterocycles. The van der Waals surface area contributed by atoms with Gasteiger partial charge in [-0.3, -0.25) is 0 Å². The Morgan fingerprint density at radius 2 is 2.12 bits per heavy atom. The van der Waals surface area contributed by atoms with Crippen LogP contribution in [0.3, 0.4) is 0 Å². The summed E-state index contributed by atoms with van der Waals surface area (Å²) in [6.07, 6.45) is 8.08. The molecule has 1 saturated carbocycles. The first-order valence-corrected chi connectivity index (χ1v) is 7.09. The summed E-state index contributed by atoms with van der Waals surface area (Å²) < 4.78 is 5.79. The van der Waals surface area contributed by atoms with Crippen LogP contribution in [0.1, 0.15) is 63.0 Å². The molecule has 17 heavy (non-hydrogen) atoms. The van der Waals surface area contributed by atoms with E-state index in [0.29, 0.717) is 6.04 Å². The molecular weight excluding hydrogens is 210 g/mol. The van der Waals surface area contributed by atoms with Crippen molar-refractivity contribution in [3.05, 3.63) is 23.7 Å². The predicted octanol–water partition coefficient (Wildman–Crippen LogP) is 4.21. The zero-order valence-electron chi connectivity index (χ0n) is 11.2. The fourth-order valence-electron chi connectivity index (χ4n) is 2.84. The molecule has 0 aliphatic heterocycles. The summed E-state index contributed by atoms with van der Waals surface area (Å²) in [4.78, 5) is 0. The monoisotopic (exact) mass is 235 g/mol. The van der Waals surface area contributed by atoms with E-state index in [-0.39, 0.29) is 0 Å². The number of nitrogens with one attached hydrogen (secondary N) is 1. The van der Waals surface area contributed by atoms with E-state index in [2.05, 4.69) is 24.4 Å². The van der Waals surface area contributed by atoms with Gasteiger partial charge in [-0.25, -0.2) is 0 Å². The molecule has 0 amide bonds. The number of hydrogen-bond acceptors (Lipinski definition) is 2. The van der Waals surface area contributed by atoms with Crippen LogP contribution in [0.5, 0.6) is 0 Å². The van der Waals surface area contributed by atoms with Gasteiger partial charge in [0.15, 0.2) is 0 Å². The molecule has 0 bridgehead atoms.